The number of nitrogens with one attached hydrogen (secondary N) is 1. The van der Waals surface area contributed by atoms with Crippen LogP contribution in [0.15, 0.2) is 54.6 Å². The number of carbonyl (C=O) groups is 1. The van der Waals surface area contributed by atoms with Crippen LogP contribution in [0, 0.1) is 5.82 Å². The summed E-state index contributed by atoms with van der Waals surface area (Å²) in [6.07, 6.45) is 0. The molecule has 0 aromatic heterocycles. The number of quaternary nitrogens is 1. The molecule has 0 aliphatic rings. The minimum Gasteiger partial charge on any atom is -0.333 e. The van der Waals surface area contributed by atoms with E-state index in [4.69, 9.17) is 0 Å². The van der Waals surface area contributed by atoms with Gasteiger partial charge in [-0.15, -0.1) is 0 Å². The number of benzene rings is 2. The van der Waals surface area contributed by atoms with Crippen LogP contribution >= 0.6 is 0 Å². The van der Waals surface area contributed by atoms with Crippen molar-refractivity contribution in [1.29, 1.82) is 0 Å². The number of hydrogen-bond acceptors (Lipinski definition) is 1. The third-order valence-electron chi connectivity index (χ3n) is 3.09. The zero-order valence-corrected chi connectivity index (χ0v) is 11.3. The van der Waals surface area contributed by atoms with Crippen molar-refractivity contribution in [3.05, 3.63) is 66.0 Å². The van der Waals surface area contributed by atoms with E-state index in [0.29, 0.717) is 12.2 Å². The Kier molecular flexibility index (Phi) is 4.85. The Hall–Kier alpha value is -2.20. The topological polar surface area (TPSA) is 45.7 Å². The lowest BCUT2D eigenvalue weighted by molar-refractivity contribution is -0.682. The first-order chi connectivity index (χ1) is 9.65. The van der Waals surface area contributed by atoms with Crippen LogP contribution < -0.4 is 10.6 Å². The Bertz CT molecular complexity index is 572. The lowest BCUT2D eigenvalue weighted by Crippen LogP contribution is -2.86. The molecule has 0 bridgehead atoms. The average molecular weight is 273 g/mol. The van der Waals surface area contributed by atoms with Crippen molar-refractivity contribution in [1.82, 2.24) is 0 Å². The molecular formula is C16H18FN2O+. The van der Waals surface area contributed by atoms with Crippen molar-refractivity contribution in [2.24, 2.45) is 0 Å². The highest BCUT2D eigenvalue weighted by Crippen LogP contribution is 2.09. The summed E-state index contributed by atoms with van der Waals surface area (Å²) in [6, 6.07) is 16.1. The summed E-state index contributed by atoms with van der Waals surface area (Å²) in [4.78, 5) is 11.8. The first-order valence-electron chi connectivity index (χ1n) is 6.59. The van der Waals surface area contributed by atoms with Crippen molar-refractivity contribution in [2.75, 3.05) is 11.9 Å². The van der Waals surface area contributed by atoms with Gasteiger partial charge in [0.25, 0.3) is 5.91 Å². The fourth-order valence-electron chi connectivity index (χ4n) is 1.95. The second kappa shape index (κ2) is 6.82. The second-order valence-corrected chi connectivity index (χ2v) is 4.70. The Morgan fingerprint density at radius 1 is 1.20 bits per heavy atom. The fourth-order valence-corrected chi connectivity index (χ4v) is 1.95. The second-order valence-electron chi connectivity index (χ2n) is 4.70. The van der Waals surface area contributed by atoms with Crippen molar-refractivity contribution in [3.63, 3.8) is 0 Å². The molecule has 1 atom stereocenters. The smallest absolute Gasteiger partial charge is 0.279 e. The van der Waals surface area contributed by atoms with Gasteiger partial charge in [0.15, 0.2) is 6.54 Å². The van der Waals surface area contributed by atoms with Crippen LogP contribution in [0.2, 0.25) is 0 Å². The lowest BCUT2D eigenvalue weighted by atomic mass is 10.1. The van der Waals surface area contributed by atoms with Gasteiger partial charge in [0.2, 0.25) is 0 Å². The van der Waals surface area contributed by atoms with Gasteiger partial charge in [-0.2, -0.15) is 0 Å². The molecule has 0 fully saturated rings. The Balaban J connectivity index is 1.83. The molecule has 0 aliphatic carbocycles. The highest BCUT2D eigenvalue weighted by Gasteiger charge is 2.11. The molecular weight excluding hydrogens is 255 g/mol. The van der Waals surface area contributed by atoms with Gasteiger partial charge in [-0.25, -0.2) is 4.39 Å². The number of hydrogen-bond donors (Lipinski definition) is 2. The van der Waals surface area contributed by atoms with Crippen LogP contribution in [-0.4, -0.2) is 12.5 Å². The standard InChI is InChI=1S/C16H17FN2O/c1-12(13-6-3-2-4-7-13)18-11-16(20)19-15-9-5-8-14(17)10-15/h2-10,12,18H,11H2,1H3,(H,19,20)/p+1/t12-/m0/s1. The normalized spacial score (nSPS) is 11.9. The van der Waals surface area contributed by atoms with Crippen LogP contribution in [0.1, 0.15) is 18.5 Å². The van der Waals surface area contributed by atoms with Gasteiger partial charge in [-0.3, -0.25) is 4.79 Å². The molecule has 3 nitrogen and oxygen atoms in total. The quantitative estimate of drug-likeness (QED) is 0.861. The van der Waals surface area contributed by atoms with Gasteiger partial charge in [-0.1, -0.05) is 36.4 Å². The molecule has 0 saturated carbocycles. The van der Waals surface area contributed by atoms with Crippen LogP contribution in [0.3, 0.4) is 0 Å². The third-order valence-corrected chi connectivity index (χ3v) is 3.09. The molecule has 0 radical (unpaired) electrons. The molecule has 0 aliphatic heterocycles. The number of halogens is 1. The van der Waals surface area contributed by atoms with E-state index in [-0.39, 0.29) is 17.8 Å². The Morgan fingerprint density at radius 2 is 1.95 bits per heavy atom. The largest absolute Gasteiger partial charge is 0.333 e. The molecule has 0 unspecified atom stereocenters. The van der Waals surface area contributed by atoms with E-state index in [2.05, 4.69) is 5.32 Å². The maximum Gasteiger partial charge on any atom is 0.279 e. The highest BCUT2D eigenvalue weighted by molar-refractivity contribution is 5.91. The summed E-state index contributed by atoms with van der Waals surface area (Å²) in [7, 11) is 0. The lowest BCUT2D eigenvalue weighted by Gasteiger charge is -2.11. The molecule has 1 amide bonds. The maximum atomic E-state index is 13.0. The predicted molar refractivity (Wildman–Crippen MR) is 76.7 cm³/mol. The van der Waals surface area contributed by atoms with E-state index < -0.39 is 0 Å². The van der Waals surface area contributed by atoms with Crippen LogP contribution in [-0.2, 0) is 4.79 Å². The molecule has 2 aromatic carbocycles. The third kappa shape index (κ3) is 4.17. The molecule has 0 saturated heterocycles. The average Bonchev–Trinajstić information content (AvgIpc) is 2.46. The van der Waals surface area contributed by atoms with Gasteiger partial charge in [0.05, 0.1) is 0 Å². The number of rotatable bonds is 5. The zero-order chi connectivity index (χ0) is 14.4. The molecule has 3 N–H and O–H groups in total. The summed E-state index contributed by atoms with van der Waals surface area (Å²) in [5, 5.41) is 4.63. The number of carbonyl (C=O) groups excluding carboxylic acids is 1. The number of nitrogens with two attached hydrogens (primary N) is 1. The molecule has 2 aromatic rings. The first-order valence-corrected chi connectivity index (χ1v) is 6.59. The van der Waals surface area contributed by atoms with E-state index in [1.54, 1.807) is 12.1 Å². The Labute approximate surface area is 117 Å². The van der Waals surface area contributed by atoms with Gasteiger partial charge >= 0.3 is 0 Å². The summed E-state index contributed by atoms with van der Waals surface area (Å²) >= 11 is 0. The summed E-state index contributed by atoms with van der Waals surface area (Å²) in [5.74, 6) is -0.497. The van der Waals surface area contributed by atoms with Crippen molar-refractivity contribution >= 4 is 11.6 Å². The monoisotopic (exact) mass is 273 g/mol. The van der Waals surface area contributed by atoms with Crippen LogP contribution in [0.5, 0.6) is 0 Å². The zero-order valence-electron chi connectivity index (χ0n) is 11.3. The molecule has 2 rings (SSSR count). The first kappa shape index (κ1) is 14.2. The predicted octanol–water partition coefficient (Wildman–Crippen LogP) is 2.09. The van der Waals surface area contributed by atoms with Crippen LogP contribution in [0.4, 0.5) is 10.1 Å². The fraction of sp³-hybridized carbons (Fsp3) is 0.188. The van der Waals surface area contributed by atoms with E-state index in [1.165, 1.54) is 17.7 Å². The molecule has 20 heavy (non-hydrogen) atoms. The van der Waals surface area contributed by atoms with Gasteiger partial charge in [-0.05, 0) is 25.1 Å². The van der Waals surface area contributed by atoms with Crippen molar-refractivity contribution in [3.8, 4) is 0 Å². The molecule has 0 spiro atoms. The molecule has 0 heterocycles. The Morgan fingerprint density at radius 3 is 2.65 bits per heavy atom. The van der Waals surface area contributed by atoms with Gasteiger partial charge < -0.3 is 10.6 Å². The molecule has 4 heteroatoms. The van der Waals surface area contributed by atoms with Gasteiger partial charge in [0, 0.05) is 11.3 Å². The summed E-state index contributed by atoms with van der Waals surface area (Å²) < 4.78 is 13.0. The highest BCUT2D eigenvalue weighted by atomic mass is 19.1. The minimum absolute atomic E-state index is 0.140. The van der Waals surface area contributed by atoms with Crippen LogP contribution in [0.25, 0.3) is 0 Å². The number of anilines is 1. The van der Waals surface area contributed by atoms with E-state index in [1.807, 2.05) is 42.6 Å². The van der Waals surface area contributed by atoms with Crippen molar-refractivity contribution < 1.29 is 14.5 Å². The SMILES string of the molecule is C[C@H]([NH2+]CC(=O)Nc1cccc(F)c1)c1ccccc1. The van der Waals surface area contributed by atoms with E-state index in [0.717, 1.165) is 0 Å². The van der Waals surface area contributed by atoms with E-state index >= 15 is 0 Å². The summed E-state index contributed by atoms with van der Waals surface area (Å²) in [5.41, 5.74) is 1.65. The van der Waals surface area contributed by atoms with Crippen molar-refractivity contribution in [2.45, 2.75) is 13.0 Å². The van der Waals surface area contributed by atoms with E-state index in [9.17, 15) is 9.18 Å². The van der Waals surface area contributed by atoms with Gasteiger partial charge in [0.1, 0.15) is 11.9 Å². The maximum absolute atomic E-state index is 13.0. The minimum atomic E-state index is -0.357. The summed E-state index contributed by atoms with van der Waals surface area (Å²) in [6.45, 7) is 2.34. The number of amides is 1. The molecule has 104 valence electrons.